The van der Waals surface area contributed by atoms with Gasteiger partial charge in [-0.1, -0.05) is 35.0 Å². The van der Waals surface area contributed by atoms with Gasteiger partial charge in [0.25, 0.3) is 0 Å². The summed E-state index contributed by atoms with van der Waals surface area (Å²) in [7, 11) is 0. The van der Waals surface area contributed by atoms with Crippen molar-refractivity contribution in [2.75, 3.05) is 0 Å². The number of hydrogen-bond donors (Lipinski definition) is 1. The third-order valence-corrected chi connectivity index (χ3v) is 4.10. The van der Waals surface area contributed by atoms with Crippen molar-refractivity contribution >= 4 is 21.9 Å². The molecule has 1 heterocycles. The summed E-state index contributed by atoms with van der Waals surface area (Å²) in [4.78, 5) is 10.8. The number of aliphatic carboxylic acids is 1. The van der Waals surface area contributed by atoms with E-state index in [1.165, 1.54) is 0 Å². The summed E-state index contributed by atoms with van der Waals surface area (Å²) in [5.41, 5.74) is 1.99. The molecular formula is C13H15BrN4O2. The smallest absolute Gasteiger partial charge is 0.306 e. The molecule has 1 aromatic heterocycles. The fourth-order valence-corrected chi connectivity index (χ4v) is 2.20. The molecule has 0 spiro atoms. The summed E-state index contributed by atoms with van der Waals surface area (Å²) in [5, 5.41) is 20.6. The van der Waals surface area contributed by atoms with E-state index in [2.05, 4.69) is 31.5 Å². The maximum Gasteiger partial charge on any atom is 0.306 e. The zero-order valence-electron chi connectivity index (χ0n) is 11.2. The van der Waals surface area contributed by atoms with Gasteiger partial charge in [0.1, 0.15) is 0 Å². The minimum Gasteiger partial charge on any atom is -0.481 e. The number of aryl methyl sites for hydroxylation is 1. The predicted molar refractivity (Wildman–Crippen MR) is 77.1 cm³/mol. The highest BCUT2D eigenvalue weighted by atomic mass is 79.9. The van der Waals surface area contributed by atoms with Crippen molar-refractivity contribution in [2.24, 2.45) is 5.92 Å². The number of nitrogens with zero attached hydrogens (tertiary/aromatic N) is 4. The van der Waals surface area contributed by atoms with Crippen LogP contribution in [0.4, 0.5) is 0 Å². The molecule has 0 bridgehead atoms. The molecule has 20 heavy (non-hydrogen) atoms. The van der Waals surface area contributed by atoms with E-state index >= 15 is 0 Å². The lowest BCUT2D eigenvalue weighted by atomic mass is 10.1. The van der Waals surface area contributed by atoms with Gasteiger partial charge in [-0.25, -0.2) is 4.68 Å². The third kappa shape index (κ3) is 3.04. The highest BCUT2D eigenvalue weighted by Gasteiger charge is 2.15. The molecule has 1 aromatic carbocycles. The Balaban J connectivity index is 2.25. The van der Waals surface area contributed by atoms with Crippen LogP contribution in [0, 0.1) is 12.8 Å². The maximum absolute atomic E-state index is 10.8. The summed E-state index contributed by atoms with van der Waals surface area (Å²) in [6.45, 7) is 4.14. The van der Waals surface area contributed by atoms with E-state index < -0.39 is 11.9 Å². The molecule has 6 nitrogen and oxygen atoms in total. The van der Waals surface area contributed by atoms with Crippen molar-refractivity contribution in [2.45, 2.75) is 26.8 Å². The number of carboxylic acids is 1. The van der Waals surface area contributed by atoms with Gasteiger partial charge in [-0.15, -0.1) is 5.10 Å². The minimum atomic E-state index is -0.807. The van der Waals surface area contributed by atoms with E-state index in [4.69, 9.17) is 5.11 Å². The van der Waals surface area contributed by atoms with E-state index in [9.17, 15) is 4.79 Å². The number of tetrazole rings is 1. The Kier molecular flexibility index (Phi) is 4.49. The molecular weight excluding hydrogens is 324 g/mol. The van der Waals surface area contributed by atoms with E-state index in [1.54, 1.807) is 11.6 Å². The van der Waals surface area contributed by atoms with Crippen molar-refractivity contribution in [1.29, 1.82) is 0 Å². The van der Waals surface area contributed by atoms with Crippen LogP contribution in [0.25, 0.3) is 11.4 Å². The Morgan fingerprint density at radius 3 is 2.95 bits per heavy atom. The highest BCUT2D eigenvalue weighted by Crippen LogP contribution is 2.26. The number of aromatic nitrogens is 4. The first-order valence-electron chi connectivity index (χ1n) is 6.25. The van der Waals surface area contributed by atoms with Crippen LogP contribution in [0.1, 0.15) is 18.9 Å². The van der Waals surface area contributed by atoms with Gasteiger partial charge in [-0.05, 0) is 35.4 Å². The summed E-state index contributed by atoms with van der Waals surface area (Å²) in [5.74, 6) is -0.574. The Morgan fingerprint density at radius 2 is 2.25 bits per heavy atom. The van der Waals surface area contributed by atoms with Crippen LogP contribution in [0.3, 0.4) is 0 Å². The first kappa shape index (κ1) is 14.6. The van der Waals surface area contributed by atoms with Crippen LogP contribution in [-0.2, 0) is 11.3 Å². The summed E-state index contributed by atoms with van der Waals surface area (Å²) in [6.07, 6.45) is 0.487. The fourth-order valence-electron chi connectivity index (χ4n) is 1.84. The SMILES string of the molecule is Cc1c(Br)cccc1-c1nnnn1CCC(C)C(=O)O. The summed E-state index contributed by atoms with van der Waals surface area (Å²) < 4.78 is 2.64. The number of rotatable bonds is 5. The van der Waals surface area contributed by atoms with Crippen LogP contribution in [-0.4, -0.2) is 31.3 Å². The fraction of sp³-hybridized carbons (Fsp3) is 0.385. The Labute approximate surface area is 124 Å². The van der Waals surface area contributed by atoms with Crippen molar-refractivity contribution < 1.29 is 9.90 Å². The molecule has 0 aliphatic rings. The minimum absolute atomic E-state index is 0.421. The number of halogens is 1. The largest absolute Gasteiger partial charge is 0.481 e. The van der Waals surface area contributed by atoms with Gasteiger partial charge in [0.05, 0.1) is 5.92 Å². The second-order valence-corrected chi connectivity index (χ2v) is 5.52. The topological polar surface area (TPSA) is 80.9 Å². The van der Waals surface area contributed by atoms with Gasteiger partial charge in [-0.2, -0.15) is 0 Å². The second-order valence-electron chi connectivity index (χ2n) is 4.67. The quantitative estimate of drug-likeness (QED) is 0.905. The van der Waals surface area contributed by atoms with Crippen molar-refractivity contribution in [3.05, 3.63) is 28.2 Å². The van der Waals surface area contributed by atoms with Crippen LogP contribution in [0.2, 0.25) is 0 Å². The molecule has 0 aliphatic heterocycles. The molecule has 0 saturated carbocycles. The lowest BCUT2D eigenvalue weighted by molar-refractivity contribution is -0.141. The average Bonchev–Trinajstić information content (AvgIpc) is 2.87. The van der Waals surface area contributed by atoms with E-state index in [-0.39, 0.29) is 0 Å². The van der Waals surface area contributed by atoms with Gasteiger partial charge in [0, 0.05) is 16.6 Å². The van der Waals surface area contributed by atoms with Crippen LogP contribution in [0.5, 0.6) is 0 Å². The molecule has 2 aromatic rings. The van der Waals surface area contributed by atoms with Gasteiger partial charge in [0.2, 0.25) is 0 Å². The van der Waals surface area contributed by atoms with E-state index in [0.717, 1.165) is 15.6 Å². The van der Waals surface area contributed by atoms with Crippen LogP contribution >= 0.6 is 15.9 Å². The molecule has 0 fully saturated rings. The molecule has 1 N–H and O–H groups in total. The second kappa shape index (κ2) is 6.13. The molecule has 106 valence electrons. The zero-order valence-corrected chi connectivity index (χ0v) is 12.8. The first-order valence-corrected chi connectivity index (χ1v) is 7.04. The standard InChI is InChI=1S/C13H15BrN4O2/c1-8(13(19)20)6-7-18-12(15-16-17-18)10-4-3-5-11(14)9(10)2/h3-5,8H,6-7H2,1-2H3,(H,19,20). The van der Waals surface area contributed by atoms with Gasteiger partial charge >= 0.3 is 5.97 Å². The average molecular weight is 339 g/mol. The monoisotopic (exact) mass is 338 g/mol. The van der Waals surface area contributed by atoms with Gasteiger partial charge in [0.15, 0.2) is 5.82 Å². The number of benzene rings is 1. The first-order chi connectivity index (χ1) is 9.50. The molecule has 2 rings (SSSR count). The predicted octanol–water partition coefficient (Wildman–Crippen LogP) is 2.52. The Bertz CT molecular complexity index is 627. The molecule has 7 heteroatoms. The van der Waals surface area contributed by atoms with Crippen LogP contribution < -0.4 is 0 Å². The van der Waals surface area contributed by atoms with Crippen LogP contribution in [0.15, 0.2) is 22.7 Å². The normalized spacial score (nSPS) is 12.3. The van der Waals surface area contributed by atoms with Crippen molar-refractivity contribution in [1.82, 2.24) is 20.2 Å². The lowest BCUT2D eigenvalue weighted by Gasteiger charge is -2.09. The molecule has 1 atom stereocenters. The van der Waals surface area contributed by atoms with E-state index in [1.807, 2.05) is 25.1 Å². The highest BCUT2D eigenvalue weighted by molar-refractivity contribution is 9.10. The van der Waals surface area contributed by atoms with Gasteiger partial charge < -0.3 is 5.11 Å². The number of carbonyl (C=O) groups is 1. The number of carboxylic acid groups (broad SMARTS) is 1. The Hall–Kier alpha value is -1.76. The summed E-state index contributed by atoms with van der Waals surface area (Å²) >= 11 is 3.48. The van der Waals surface area contributed by atoms with E-state index in [0.29, 0.717) is 18.8 Å². The molecule has 0 aliphatic carbocycles. The zero-order chi connectivity index (χ0) is 14.7. The van der Waals surface area contributed by atoms with Crippen molar-refractivity contribution in [3.63, 3.8) is 0 Å². The Morgan fingerprint density at radius 1 is 1.50 bits per heavy atom. The third-order valence-electron chi connectivity index (χ3n) is 3.24. The lowest BCUT2D eigenvalue weighted by Crippen LogP contribution is -2.14. The van der Waals surface area contributed by atoms with Gasteiger partial charge in [-0.3, -0.25) is 4.79 Å². The van der Waals surface area contributed by atoms with Crippen molar-refractivity contribution in [3.8, 4) is 11.4 Å². The maximum atomic E-state index is 10.8. The summed E-state index contributed by atoms with van der Waals surface area (Å²) in [6, 6.07) is 5.83. The molecule has 1 unspecified atom stereocenters. The number of hydrogen-bond acceptors (Lipinski definition) is 4. The molecule has 0 saturated heterocycles. The molecule has 0 radical (unpaired) electrons. The molecule has 0 amide bonds.